The van der Waals surface area contributed by atoms with Crippen LogP contribution in [0.25, 0.3) is 0 Å². The van der Waals surface area contributed by atoms with Crippen molar-refractivity contribution < 1.29 is 9.32 Å². The van der Waals surface area contributed by atoms with Crippen LogP contribution in [0.4, 0.5) is 0 Å². The van der Waals surface area contributed by atoms with Gasteiger partial charge in [0.1, 0.15) is 0 Å². The minimum Gasteiger partial charge on any atom is -0.364 e. The third-order valence-corrected chi connectivity index (χ3v) is 3.67. The van der Waals surface area contributed by atoms with Crippen LogP contribution >= 0.6 is 0 Å². The van der Waals surface area contributed by atoms with Crippen molar-refractivity contribution >= 4 is 5.91 Å². The summed E-state index contributed by atoms with van der Waals surface area (Å²) >= 11 is 0. The van der Waals surface area contributed by atoms with Gasteiger partial charge in [-0.3, -0.25) is 9.69 Å². The van der Waals surface area contributed by atoms with Gasteiger partial charge in [0.25, 0.3) is 5.91 Å². The number of likely N-dealkylation sites (N-methyl/N-ethyl adjacent to an activating group) is 1. The van der Waals surface area contributed by atoms with Gasteiger partial charge in [-0.05, 0) is 27.4 Å². The molecular formula is C12H20N4O2. The van der Waals surface area contributed by atoms with Crippen molar-refractivity contribution in [3.8, 4) is 0 Å². The monoisotopic (exact) mass is 252 g/mol. The maximum absolute atomic E-state index is 11.0. The van der Waals surface area contributed by atoms with E-state index in [0.29, 0.717) is 11.8 Å². The molecule has 1 fully saturated rings. The lowest BCUT2D eigenvalue weighted by Gasteiger charge is -2.23. The summed E-state index contributed by atoms with van der Waals surface area (Å²) in [5, 5.41) is 3.68. The molecule has 1 aromatic rings. The Morgan fingerprint density at radius 3 is 2.89 bits per heavy atom. The van der Waals surface area contributed by atoms with Crippen molar-refractivity contribution in [1.82, 2.24) is 15.0 Å². The van der Waals surface area contributed by atoms with Crippen LogP contribution in [0.1, 0.15) is 35.6 Å². The molecule has 2 N–H and O–H groups in total. The average molecular weight is 252 g/mol. The fraction of sp³-hybridized carbons (Fsp3) is 0.667. The van der Waals surface area contributed by atoms with Crippen molar-refractivity contribution in [3.05, 3.63) is 17.5 Å². The molecule has 1 amide bonds. The number of aromatic nitrogens is 1. The minimum atomic E-state index is -0.551. The summed E-state index contributed by atoms with van der Waals surface area (Å²) in [6.45, 7) is 4.08. The van der Waals surface area contributed by atoms with E-state index in [4.69, 9.17) is 10.3 Å². The minimum absolute atomic E-state index is 0.121. The van der Waals surface area contributed by atoms with Crippen molar-refractivity contribution in [2.24, 2.45) is 5.73 Å². The smallest absolute Gasteiger partial charge is 0.270 e. The van der Waals surface area contributed by atoms with Crippen molar-refractivity contribution in [3.63, 3.8) is 0 Å². The SMILES string of the molecule is CC(c1cc(C(N)=O)no1)N1CCC(N(C)C)C1. The van der Waals surface area contributed by atoms with Gasteiger partial charge in [0.05, 0.1) is 6.04 Å². The van der Waals surface area contributed by atoms with Gasteiger partial charge in [0, 0.05) is 25.2 Å². The highest BCUT2D eigenvalue weighted by atomic mass is 16.5. The van der Waals surface area contributed by atoms with Crippen molar-refractivity contribution in [2.75, 3.05) is 27.2 Å². The van der Waals surface area contributed by atoms with Gasteiger partial charge >= 0.3 is 0 Å². The first-order valence-electron chi connectivity index (χ1n) is 6.16. The Morgan fingerprint density at radius 2 is 2.39 bits per heavy atom. The van der Waals surface area contributed by atoms with E-state index in [0.717, 1.165) is 19.5 Å². The molecule has 1 aliphatic heterocycles. The number of nitrogens with zero attached hydrogens (tertiary/aromatic N) is 3. The highest BCUT2D eigenvalue weighted by molar-refractivity contribution is 5.90. The van der Waals surface area contributed by atoms with Crippen LogP contribution < -0.4 is 5.73 Å². The van der Waals surface area contributed by atoms with Gasteiger partial charge in [0.2, 0.25) is 0 Å². The van der Waals surface area contributed by atoms with E-state index in [1.807, 2.05) is 0 Å². The first-order chi connectivity index (χ1) is 8.49. The Balaban J connectivity index is 2.03. The summed E-state index contributed by atoms with van der Waals surface area (Å²) in [6, 6.07) is 2.33. The van der Waals surface area contributed by atoms with Gasteiger partial charge in [-0.15, -0.1) is 0 Å². The fourth-order valence-electron chi connectivity index (χ4n) is 2.32. The molecule has 0 bridgehead atoms. The van der Waals surface area contributed by atoms with E-state index in [1.54, 1.807) is 6.07 Å². The Kier molecular flexibility index (Phi) is 3.68. The number of primary amides is 1. The largest absolute Gasteiger partial charge is 0.364 e. The Labute approximate surface area is 107 Å². The van der Waals surface area contributed by atoms with Gasteiger partial charge in [-0.25, -0.2) is 0 Å². The number of likely N-dealkylation sites (tertiary alicyclic amines) is 1. The van der Waals surface area contributed by atoms with Crippen LogP contribution in [0.5, 0.6) is 0 Å². The maximum Gasteiger partial charge on any atom is 0.270 e. The molecule has 2 rings (SSSR count). The summed E-state index contributed by atoms with van der Waals surface area (Å²) in [6.07, 6.45) is 1.15. The number of carbonyl (C=O) groups is 1. The van der Waals surface area contributed by atoms with Crippen molar-refractivity contribution in [2.45, 2.75) is 25.4 Å². The molecule has 100 valence electrons. The molecule has 2 atom stereocenters. The zero-order chi connectivity index (χ0) is 13.3. The molecule has 1 aromatic heterocycles. The number of rotatable bonds is 4. The predicted molar refractivity (Wildman–Crippen MR) is 67.1 cm³/mol. The molecular weight excluding hydrogens is 232 g/mol. The van der Waals surface area contributed by atoms with Gasteiger partial charge < -0.3 is 15.2 Å². The number of hydrogen-bond donors (Lipinski definition) is 1. The van der Waals surface area contributed by atoms with Crippen LogP contribution in [0.2, 0.25) is 0 Å². The summed E-state index contributed by atoms with van der Waals surface area (Å²) in [5.41, 5.74) is 5.36. The number of amides is 1. The van der Waals surface area contributed by atoms with E-state index in [1.165, 1.54) is 0 Å². The predicted octanol–water partition coefficient (Wildman–Crippen LogP) is 0.470. The lowest BCUT2D eigenvalue weighted by atomic mass is 10.2. The molecule has 2 heterocycles. The summed E-state index contributed by atoms with van der Waals surface area (Å²) in [7, 11) is 4.19. The standard InChI is InChI=1S/C12H20N4O2/c1-8(11-6-10(12(13)17)14-18-11)16-5-4-9(7-16)15(2)3/h6,8-9H,4-5,7H2,1-3H3,(H2,13,17). The Morgan fingerprint density at radius 1 is 1.67 bits per heavy atom. The number of nitrogens with two attached hydrogens (primary N) is 1. The maximum atomic E-state index is 11.0. The zero-order valence-electron chi connectivity index (χ0n) is 11.1. The number of carbonyl (C=O) groups excluding carboxylic acids is 1. The zero-order valence-corrected chi connectivity index (χ0v) is 11.1. The molecule has 0 spiro atoms. The molecule has 1 aliphatic rings. The Hall–Kier alpha value is -1.40. The van der Waals surface area contributed by atoms with E-state index < -0.39 is 5.91 Å². The van der Waals surface area contributed by atoms with E-state index in [9.17, 15) is 4.79 Å². The highest BCUT2D eigenvalue weighted by Crippen LogP contribution is 2.26. The molecule has 0 aliphatic carbocycles. The van der Waals surface area contributed by atoms with Crippen LogP contribution in [0.15, 0.2) is 10.6 Å². The number of hydrogen-bond acceptors (Lipinski definition) is 5. The molecule has 18 heavy (non-hydrogen) atoms. The Bertz CT molecular complexity index is 429. The molecule has 6 heteroatoms. The van der Waals surface area contributed by atoms with Crippen LogP contribution in [-0.4, -0.2) is 54.1 Å². The first-order valence-corrected chi connectivity index (χ1v) is 6.16. The normalized spacial score (nSPS) is 22.6. The van der Waals surface area contributed by atoms with E-state index >= 15 is 0 Å². The lowest BCUT2D eigenvalue weighted by molar-refractivity contribution is 0.0991. The van der Waals surface area contributed by atoms with Gasteiger partial charge in [-0.2, -0.15) is 0 Å². The van der Waals surface area contributed by atoms with Crippen molar-refractivity contribution in [1.29, 1.82) is 0 Å². The van der Waals surface area contributed by atoms with Gasteiger partial charge in [-0.1, -0.05) is 5.16 Å². The quantitative estimate of drug-likeness (QED) is 0.843. The van der Waals surface area contributed by atoms with E-state index in [2.05, 4.69) is 36.0 Å². The molecule has 0 aromatic carbocycles. The second-order valence-electron chi connectivity index (χ2n) is 5.06. The molecule has 6 nitrogen and oxygen atoms in total. The van der Waals surface area contributed by atoms with Crippen LogP contribution in [0.3, 0.4) is 0 Å². The summed E-state index contributed by atoms with van der Waals surface area (Å²) < 4.78 is 5.19. The molecule has 1 saturated heterocycles. The molecule has 2 unspecified atom stereocenters. The summed E-state index contributed by atoms with van der Waals surface area (Å²) in [5.74, 6) is 0.146. The van der Waals surface area contributed by atoms with Gasteiger partial charge in [0.15, 0.2) is 11.5 Å². The topological polar surface area (TPSA) is 75.6 Å². The average Bonchev–Trinajstić information content (AvgIpc) is 2.97. The summed E-state index contributed by atoms with van der Waals surface area (Å²) in [4.78, 5) is 15.5. The van der Waals surface area contributed by atoms with E-state index in [-0.39, 0.29) is 11.7 Å². The first kappa shape index (κ1) is 13.0. The molecule has 0 radical (unpaired) electrons. The van der Waals surface area contributed by atoms with Crippen LogP contribution in [0, 0.1) is 0 Å². The lowest BCUT2D eigenvalue weighted by Crippen LogP contribution is -2.32. The highest BCUT2D eigenvalue weighted by Gasteiger charge is 2.29. The fourth-order valence-corrected chi connectivity index (χ4v) is 2.32. The second-order valence-corrected chi connectivity index (χ2v) is 5.06. The third kappa shape index (κ3) is 2.54. The van der Waals surface area contributed by atoms with Crippen LogP contribution in [-0.2, 0) is 0 Å². The second kappa shape index (κ2) is 5.07. The molecule has 0 saturated carbocycles. The third-order valence-electron chi connectivity index (χ3n) is 3.67.